The van der Waals surface area contributed by atoms with Gasteiger partial charge in [0, 0.05) is 0 Å². The molecular formula is C16H21N3O. The highest BCUT2D eigenvalue weighted by atomic mass is 16.5. The van der Waals surface area contributed by atoms with Crippen molar-refractivity contribution in [2.24, 2.45) is 5.84 Å². The first-order chi connectivity index (χ1) is 9.49. The number of rotatable bonds is 4. The van der Waals surface area contributed by atoms with Crippen molar-refractivity contribution >= 4 is 5.82 Å². The van der Waals surface area contributed by atoms with E-state index >= 15 is 0 Å². The van der Waals surface area contributed by atoms with Crippen molar-refractivity contribution in [1.29, 1.82) is 0 Å². The van der Waals surface area contributed by atoms with E-state index in [4.69, 9.17) is 10.6 Å². The second-order valence-electron chi connectivity index (χ2n) is 5.73. The molecule has 0 unspecified atom stereocenters. The SMILES string of the molecule is CC(C)(C)c1cccc(OCc2cccc(NN)n2)c1. The maximum atomic E-state index is 5.80. The van der Waals surface area contributed by atoms with Gasteiger partial charge in [0.15, 0.2) is 0 Å². The third kappa shape index (κ3) is 3.71. The van der Waals surface area contributed by atoms with Crippen LogP contribution in [-0.4, -0.2) is 4.98 Å². The summed E-state index contributed by atoms with van der Waals surface area (Å²) in [6.45, 7) is 6.97. The van der Waals surface area contributed by atoms with Crippen molar-refractivity contribution in [3.8, 4) is 5.75 Å². The van der Waals surface area contributed by atoms with Crippen molar-refractivity contribution < 1.29 is 4.74 Å². The molecule has 0 amide bonds. The van der Waals surface area contributed by atoms with E-state index in [1.54, 1.807) is 0 Å². The first-order valence-corrected chi connectivity index (χ1v) is 6.65. The molecule has 0 atom stereocenters. The molecule has 1 aromatic carbocycles. The smallest absolute Gasteiger partial charge is 0.140 e. The fraction of sp³-hybridized carbons (Fsp3) is 0.312. The molecule has 1 heterocycles. The van der Waals surface area contributed by atoms with Gasteiger partial charge < -0.3 is 10.2 Å². The quantitative estimate of drug-likeness (QED) is 0.662. The zero-order chi connectivity index (χ0) is 14.6. The van der Waals surface area contributed by atoms with Crippen LogP contribution in [0.2, 0.25) is 0 Å². The lowest BCUT2D eigenvalue weighted by Crippen LogP contribution is -2.11. The van der Waals surface area contributed by atoms with Crippen LogP contribution in [0, 0.1) is 0 Å². The van der Waals surface area contributed by atoms with Crippen molar-refractivity contribution in [3.63, 3.8) is 0 Å². The minimum Gasteiger partial charge on any atom is -0.487 e. The van der Waals surface area contributed by atoms with E-state index in [0.29, 0.717) is 12.4 Å². The summed E-state index contributed by atoms with van der Waals surface area (Å²) in [4.78, 5) is 4.32. The summed E-state index contributed by atoms with van der Waals surface area (Å²) in [5.74, 6) is 6.83. The van der Waals surface area contributed by atoms with E-state index in [2.05, 4.69) is 43.3 Å². The normalized spacial score (nSPS) is 11.2. The summed E-state index contributed by atoms with van der Waals surface area (Å²) in [5.41, 5.74) is 4.73. The fourth-order valence-corrected chi connectivity index (χ4v) is 1.85. The summed E-state index contributed by atoms with van der Waals surface area (Å²) in [6, 6.07) is 13.8. The van der Waals surface area contributed by atoms with Crippen LogP contribution in [0.5, 0.6) is 5.75 Å². The Morgan fingerprint density at radius 1 is 1.15 bits per heavy atom. The number of aromatic nitrogens is 1. The van der Waals surface area contributed by atoms with Crippen LogP contribution in [0.4, 0.5) is 5.82 Å². The van der Waals surface area contributed by atoms with Crippen LogP contribution in [0.25, 0.3) is 0 Å². The van der Waals surface area contributed by atoms with Gasteiger partial charge in [0.05, 0.1) is 5.69 Å². The molecular weight excluding hydrogens is 250 g/mol. The molecule has 1 aromatic heterocycles. The minimum absolute atomic E-state index is 0.112. The van der Waals surface area contributed by atoms with Gasteiger partial charge in [-0.05, 0) is 35.2 Å². The highest BCUT2D eigenvalue weighted by molar-refractivity contribution is 5.34. The number of nitrogen functional groups attached to an aromatic ring is 1. The molecule has 0 spiro atoms. The highest BCUT2D eigenvalue weighted by Crippen LogP contribution is 2.25. The van der Waals surface area contributed by atoms with E-state index in [1.807, 2.05) is 30.3 Å². The number of nitrogens with one attached hydrogen (secondary N) is 1. The number of hydrogen-bond donors (Lipinski definition) is 2. The van der Waals surface area contributed by atoms with Gasteiger partial charge in [0.25, 0.3) is 0 Å². The van der Waals surface area contributed by atoms with Crippen LogP contribution in [0.1, 0.15) is 32.0 Å². The molecule has 106 valence electrons. The largest absolute Gasteiger partial charge is 0.487 e. The molecule has 20 heavy (non-hydrogen) atoms. The number of hydrazine groups is 1. The monoisotopic (exact) mass is 271 g/mol. The number of anilines is 1. The van der Waals surface area contributed by atoms with Gasteiger partial charge in [-0.1, -0.05) is 39.0 Å². The zero-order valence-corrected chi connectivity index (χ0v) is 12.2. The summed E-state index contributed by atoms with van der Waals surface area (Å²) in [7, 11) is 0. The fourth-order valence-electron chi connectivity index (χ4n) is 1.85. The number of pyridine rings is 1. The molecule has 0 aliphatic heterocycles. The first kappa shape index (κ1) is 14.3. The molecule has 0 bridgehead atoms. The van der Waals surface area contributed by atoms with Crippen molar-refractivity contribution in [3.05, 3.63) is 53.7 Å². The number of benzene rings is 1. The predicted octanol–water partition coefficient (Wildman–Crippen LogP) is 3.24. The lowest BCUT2D eigenvalue weighted by molar-refractivity contribution is 0.300. The topological polar surface area (TPSA) is 60.2 Å². The third-order valence-electron chi connectivity index (χ3n) is 3.04. The van der Waals surface area contributed by atoms with Crippen molar-refractivity contribution in [2.45, 2.75) is 32.8 Å². The molecule has 2 rings (SSSR count). The maximum absolute atomic E-state index is 5.80. The Bertz CT molecular complexity index is 576. The van der Waals surface area contributed by atoms with Crippen LogP contribution >= 0.6 is 0 Å². The molecule has 0 fully saturated rings. The van der Waals surface area contributed by atoms with E-state index in [1.165, 1.54) is 5.56 Å². The standard InChI is InChI=1S/C16H21N3O/c1-16(2,3)12-6-4-8-14(10-12)20-11-13-7-5-9-15(18-13)19-17/h4-10H,11,17H2,1-3H3,(H,18,19). The molecule has 0 aliphatic carbocycles. The zero-order valence-electron chi connectivity index (χ0n) is 12.2. The Balaban J connectivity index is 2.07. The van der Waals surface area contributed by atoms with E-state index in [-0.39, 0.29) is 5.41 Å². The summed E-state index contributed by atoms with van der Waals surface area (Å²) < 4.78 is 5.80. The van der Waals surface area contributed by atoms with Crippen LogP contribution in [0.15, 0.2) is 42.5 Å². The van der Waals surface area contributed by atoms with Gasteiger partial charge >= 0.3 is 0 Å². The van der Waals surface area contributed by atoms with Gasteiger partial charge in [-0.2, -0.15) is 0 Å². The molecule has 0 saturated heterocycles. The number of ether oxygens (including phenoxy) is 1. The molecule has 4 heteroatoms. The Hall–Kier alpha value is -2.07. The molecule has 2 aromatic rings. The van der Waals surface area contributed by atoms with Gasteiger partial charge in [-0.25, -0.2) is 10.8 Å². The average molecular weight is 271 g/mol. The molecule has 0 saturated carbocycles. The van der Waals surface area contributed by atoms with Gasteiger partial charge in [0.1, 0.15) is 18.2 Å². The molecule has 0 radical (unpaired) electrons. The second kappa shape index (κ2) is 5.92. The Labute approximate surface area is 120 Å². The second-order valence-corrected chi connectivity index (χ2v) is 5.73. The van der Waals surface area contributed by atoms with E-state index < -0.39 is 0 Å². The van der Waals surface area contributed by atoms with Crippen LogP contribution in [0.3, 0.4) is 0 Å². The Morgan fingerprint density at radius 3 is 2.60 bits per heavy atom. The lowest BCUT2D eigenvalue weighted by Gasteiger charge is -2.19. The summed E-state index contributed by atoms with van der Waals surface area (Å²) in [6.07, 6.45) is 0. The highest BCUT2D eigenvalue weighted by Gasteiger charge is 2.13. The Kier molecular flexibility index (Phi) is 4.25. The van der Waals surface area contributed by atoms with Gasteiger partial charge in [-0.3, -0.25) is 0 Å². The van der Waals surface area contributed by atoms with Crippen molar-refractivity contribution in [1.82, 2.24) is 4.98 Å². The summed E-state index contributed by atoms with van der Waals surface area (Å²) >= 11 is 0. The third-order valence-corrected chi connectivity index (χ3v) is 3.04. The average Bonchev–Trinajstić information content (AvgIpc) is 2.45. The van der Waals surface area contributed by atoms with Crippen LogP contribution in [-0.2, 0) is 12.0 Å². The number of nitrogens with two attached hydrogens (primary N) is 1. The molecule has 3 N–H and O–H groups in total. The van der Waals surface area contributed by atoms with Gasteiger partial charge in [-0.15, -0.1) is 0 Å². The van der Waals surface area contributed by atoms with Crippen molar-refractivity contribution in [2.75, 3.05) is 5.43 Å². The minimum atomic E-state index is 0.112. The van der Waals surface area contributed by atoms with E-state index in [0.717, 1.165) is 11.4 Å². The predicted molar refractivity (Wildman–Crippen MR) is 81.5 cm³/mol. The van der Waals surface area contributed by atoms with E-state index in [9.17, 15) is 0 Å². The number of nitrogens with zero attached hydrogens (tertiary/aromatic N) is 1. The molecule has 4 nitrogen and oxygen atoms in total. The van der Waals surface area contributed by atoms with Gasteiger partial charge in [0.2, 0.25) is 0 Å². The number of hydrogen-bond acceptors (Lipinski definition) is 4. The molecule has 0 aliphatic rings. The lowest BCUT2D eigenvalue weighted by atomic mass is 9.87. The summed E-state index contributed by atoms with van der Waals surface area (Å²) in [5, 5.41) is 0. The maximum Gasteiger partial charge on any atom is 0.140 e. The van der Waals surface area contributed by atoms with Crippen LogP contribution < -0.4 is 16.0 Å². The first-order valence-electron chi connectivity index (χ1n) is 6.65. The Morgan fingerprint density at radius 2 is 1.90 bits per heavy atom.